The van der Waals surface area contributed by atoms with Crippen LogP contribution in [0.4, 0.5) is 0 Å². The average Bonchev–Trinajstić information content (AvgIpc) is 3.81. The van der Waals surface area contributed by atoms with E-state index in [0.29, 0.717) is 0 Å². The fraction of sp³-hybridized carbons (Fsp3) is 0. The van der Waals surface area contributed by atoms with Crippen LogP contribution >= 0.6 is 0 Å². The first-order valence-corrected chi connectivity index (χ1v) is 20.2. The van der Waals surface area contributed by atoms with E-state index in [0.717, 1.165) is 0 Å². The van der Waals surface area contributed by atoms with Crippen LogP contribution in [-0.2, 0) is 0 Å². The Morgan fingerprint density at radius 1 is 0.120 bits per heavy atom. The van der Waals surface area contributed by atoms with Gasteiger partial charge in [-0.1, -0.05) is 0 Å². The fourth-order valence-electron chi connectivity index (χ4n) is 9.50. The Bertz CT molecular complexity index is 4330. The van der Waals surface area contributed by atoms with Crippen molar-refractivity contribution in [2.75, 3.05) is 0 Å². The van der Waals surface area contributed by atoms with Crippen LogP contribution in [0.25, 0.3) is 98.4 Å². The molecule has 29 heteroatoms. The van der Waals surface area contributed by atoms with Gasteiger partial charge in [-0.2, -0.15) is 0 Å². The highest BCUT2D eigenvalue weighted by Crippen LogP contribution is 2.70. The lowest BCUT2D eigenvalue weighted by molar-refractivity contribution is 0.329. The summed E-state index contributed by atoms with van der Waals surface area (Å²) in [6, 6.07) is 0. The van der Waals surface area contributed by atoms with Crippen molar-refractivity contribution in [3.8, 4) is 194 Å². The number of aromatic hydroxyl groups is 28. The third-order valence-electron chi connectivity index (χ3n) is 12.9. The zero-order valence-corrected chi connectivity index (χ0v) is 35.9. The van der Waals surface area contributed by atoms with E-state index in [9.17, 15) is 143 Å². The lowest BCUT2D eigenvalue weighted by Crippen LogP contribution is -1.98. The van der Waals surface area contributed by atoms with Crippen molar-refractivity contribution >= 4 is 65.0 Å². The van der Waals surface area contributed by atoms with E-state index in [4.69, 9.17) is 4.42 Å². The van der Waals surface area contributed by atoms with Gasteiger partial charge >= 0.3 is 0 Å². The molecule has 0 unspecified atom stereocenters. The highest BCUT2D eigenvalue weighted by atomic mass is 16.4. The lowest BCUT2D eigenvalue weighted by atomic mass is 9.80. The Balaban J connectivity index is 1.53. The zero-order valence-electron chi connectivity index (χ0n) is 35.9. The maximum atomic E-state index is 12.3. The minimum absolute atomic E-state index is 1.05. The largest absolute Gasteiger partial charge is 0.506 e. The minimum atomic E-state index is -1.91. The zero-order chi connectivity index (χ0) is 55.3. The van der Waals surface area contributed by atoms with Gasteiger partial charge in [-0.15, -0.1) is 0 Å². The van der Waals surface area contributed by atoms with E-state index in [1.54, 1.807) is 0 Å². The molecule has 10 aromatic rings. The number of hydrogen-bond acceptors (Lipinski definition) is 29. The Kier molecular flexibility index (Phi) is 9.01. The van der Waals surface area contributed by atoms with E-state index < -0.39 is 259 Å². The molecule has 9 aromatic carbocycles. The summed E-state index contributed by atoms with van der Waals surface area (Å²) < 4.78 is 5.46. The summed E-state index contributed by atoms with van der Waals surface area (Å²) in [4.78, 5) is 0. The second-order valence-corrected chi connectivity index (χ2v) is 16.5. The van der Waals surface area contributed by atoms with Crippen LogP contribution in [0.1, 0.15) is 0 Å². The molecule has 0 bridgehead atoms. The van der Waals surface area contributed by atoms with Crippen LogP contribution in [-0.4, -0.2) is 143 Å². The molecule has 1 aromatic heterocycles. The molecule has 0 radical (unpaired) electrons. The third-order valence-corrected chi connectivity index (χ3v) is 12.9. The highest BCUT2D eigenvalue weighted by Gasteiger charge is 2.41. The summed E-state index contributed by atoms with van der Waals surface area (Å²) in [5, 5.41) is 301. The molecular formula is C46H28O29. The number of furan rings is 1. The second kappa shape index (κ2) is 14.4. The monoisotopic (exact) mass is 1040 g/mol. The number of fused-ring (bicyclic) bond motifs is 7. The molecule has 1 heterocycles. The van der Waals surface area contributed by atoms with Gasteiger partial charge in [0.25, 0.3) is 0 Å². The van der Waals surface area contributed by atoms with Crippen LogP contribution in [0.15, 0.2) is 4.42 Å². The summed E-state index contributed by atoms with van der Waals surface area (Å²) >= 11 is 0. The standard InChI is InChI=1S/C46H28O29/c47-17-11(31(61)44(74)46-16(17)15-18(48)13-14(32(62)45(15)75-46)30(60)40(70)39(69)29(13)59)2-6-3(21(51)33(63)35(65)23(6)53)1(4-7(2)24(54)36(66)34(64)22(4)52)5-8-9(26(56)38(68)37(67)25(8)55)10(20(50)19(5)49)12-27(57)41(71)43(73)42(72)28(12)58/h47-74H. The summed E-state index contributed by atoms with van der Waals surface area (Å²) in [5.41, 5.74) is -11.2. The molecule has 0 aliphatic heterocycles. The SMILES string of the molecule is Oc1c(O)c(O)c(-c2c(O)c(O)c(-c3c4c(O)c(O)c(O)c(O)c4c(-c4c(O)c(O)c5oc6c(O)c7c(O)c(O)c(O)c(O)c7c(O)c6c5c4O)c4c(O)c(O)c(O)c(O)c34)c3c(O)c(O)c(O)c(O)c23)c(O)c1O. The molecule has 0 atom stereocenters. The van der Waals surface area contributed by atoms with Crippen molar-refractivity contribution in [2.24, 2.45) is 0 Å². The van der Waals surface area contributed by atoms with Gasteiger partial charge in [0.15, 0.2) is 91.7 Å². The second-order valence-electron chi connectivity index (χ2n) is 16.5. The average molecular weight is 1040 g/mol. The first-order chi connectivity index (χ1) is 35.0. The fourth-order valence-corrected chi connectivity index (χ4v) is 9.50. The Morgan fingerprint density at radius 2 is 0.320 bits per heavy atom. The van der Waals surface area contributed by atoms with Crippen molar-refractivity contribution in [1.82, 2.24) is 0 Å². The van der Waals surface area contributed by atoms with Crippen molar-refractivity contribution < 1.29 is 147 Å². The summed E-state index contributed by atoms with van der Waals surface area (Å²) in [6.45, 7) is 0. The van der Waals surface area contributed by atoms with Gasteiger partial charge in [0.05, 0.1) is 32.7 Å². The maximum absolute atomic E-state index is 12.3. The topological polar surface area (TPSA) is 580 Å². The predicted molar refractivity (Wildman–Crippen MR) is 247 cm³/mol. The van der Waals surface area contributed by atoms with Gasteiger partial charge in [0.2, 0.25) is 69.0 Å². The van der Waals surface area contributed by atoms with Crippen molar-refractivity contribution in [3.05, 3.63) is 0 Å². The molecule has 75 heavy (non-hydrogen) atoms. The van der Waals surface area contributed by atoms with Crippen molar-refractivity contribution in [1.29, 1.82) is 0 Å². The molecule has 0 aliphatic carbocycles. The van der Waals surface area contributed by atoms with Gasteiger partial charge in [0.1, 0.15) is 11.5 Å². The number of hydrogen-bond donors (Lipinski definition) is 28. The molecule has 28 N–H and O–H groups in total. The normalized spacial score (nSPS) is 11.9. The van der Waals surface area contributed by atoms with Crippen LogP contribution in [0.3, 0.4) is 0 Å². The van der Waals surface area contributed by atoms with Crippen LogP contribution < -0.4 is 0 Å². The highest BCUT2D eigenvalue weighted by molar-refractivity contribution is 6.34. The summed E-state index contributed by atoms with van der Waals surface area (Å²) in [5.74, 6) is -47.5. The molecule has 0 saturated carbocycles. The Morgan fingerprint density at radius 3 is 0.680 bits per heavy atom. The Hall–Kier alpha value is -11.8. The number of phenolic OH excluding ortho intramolecular Hbond substituents is 28. The van der Waals surface area contributed by atoms with E-state index in [2.05, 4.69) is 0 Å². The summed E-state index contributed by atoms with van der Waals surface area (Å²) in [7, 11) is 0. The van der Waals surface area contributed by atoms with E-state index in [1.807, 2.05) is 0 Å². The molecule has 29 nitrogen and oxygen atoms in total. The molecule has 0 saturated heterocycles. The van der Waals surface area contributed by atoms with Gasteiger partial charge in [-0.25, -0.2) is 0 Å². The van der Waals surface area contributed by atoms with Gasteiger partial charge in [-0.05, 0) is 0 Å². The van der Waals surface area contributed by atoms with Gasteiger partial charge < -0.3 is 147 Å². The third kappa shape index (κ3) is 5.20. The first kappa shape index (κ1) is 46.9. The molecule has 0 spiro atoms. The van der Waals surface area contributed by atoms with Crippen molar-refractivity contribution in [3.63, 3.8) is 0 Å². The van der Waals surface area contributed by atoms with Crippen LogP contribution in [0, 0.1) is 0 Å². The maximum Gasteiger partial charge on any atom is 0.208 e. The number of benzene rings is 9. The van der Waals surface area contributed by atoms with E-state index in [-0.39, 0.29) is 0 Å². The van der Waals surface area contributed by atoms with E-state index in [1.165, 1.54) is 0 Å². The summed E-state index contributed by atoms with van der Waals surface area (Å²) in [6.07, 6.45) is 0. The molecular weight excluding hydrogens is 1020 g/mol. The van der Waals surface area contributed by atoms with Gasteiger partial charge in [0, 0.05) is 54.6 Å². The molecule has 0 fully saturated rings. The predicted octanol–water partition coefficient (Wildman–Crippen LogP) is 4.96. The minimum Gasteiger partial charge on any atom is -0.506 e. The smallest absolute Gasteiger partial charge is 0.208 e. The first-order valence-electron chi connectivity index (χ1n) is 20.2. The lowest BCUT2D eigenvalue weighted by Gasteiger charge is -2.25. The van der Waals surface area contributed by atoms with E-state index >= 15 is 0 Å². The molecule has 0 amide bonds. The molecule has 0 aliphatic rings. The number of rotatable bonds is 3. The molecule has 10 rings (SSSR count). The number of phenols is 28. The quantitative estimate of drug-likeness (QED) is 0.0631. The van der Waals surface area contributed by atoms with Gasteiger partial charge in [-0.3, -0.25) is 0 Å². The Labute approximate surface area is 406 Å². The van der Waals surface area contributed by atoms with Crippen LogP contribution in [0.2, 0.25) is 0 Å². The van der Waals surface area contributed by atoms with Crippen molar-refractivity contribution in [2.45, 2.75) is 0 Å². The van der Waals surface area contributed by atoms with Crippen LogP contribution in [0.5, 0.6) is 161 Å². The molecule has 386 valence electrons.